The Labute approximate surface area is 218 Å². The fraction of sp³-hybridized carbons (Fsp3) is 0.480. The normalized spacial score (nSPS) is 15.5. The zero-order chi connectivity index (χ0) is 26.8. The van der Waals surface area contributed by atoms with Gasteiger partial charge in [-0.05, 0) is 52.7 Å². The van der Waals surface area contributed by atoms with Gasteiger partial charge in [0.05, 0.1) is 41.8 Å². The number of nitrogens with zero attached hydrogens (tertiary/aromatic N) is 7. The molecule has 0 bridgehead atoms. The largest absolute Gasteiger partial charge is 0.351 e. The van der Waals surface area contributed by atoms with Crippen LogP contribution in [0.5, 0.6) is 0 Å². The summed E-state index contributed by atoms with van der Waals surface area (Å²) in [5.74, 6) is 0.404. The Morgan fingerprint density at radius 3 is 2.51 bits per heavy atom. The lowest BCUT2D eigenvalue weighted by Gasteiger charge is -2.30. The maximum absolute atomic E-state index is 11.8. The predicted octanol–water partition coefficient (Wildman–Crippen LogP) is 3.31. The van der Waals surface area contributed by atoms with Gasteiger partial charge in [0.2, 0.25) is 21.7 Å². The van der Waals surface area contributed by atoms with E-state index < -0.39 is 10.0 Å². The van der Waals surface area contributed by atoms with Crippen LogP contribution >= 0.6 is 0 Å². The van der Waals surface area contributed by atoms with E-state index in [1.165, 1.54) is 16.8 Å². The summed E-state index contributed by atoms with van der Waals surface area (Å²) in [5, 5.41) is 11.3. The molecule has 12 heteroatoms. The quantitative estimate of drug-likeness (QED) is 0.453. The molecule has 2 N–H and O–H groups in total. The smallest absolute Gasteiger partial charge is 0.231 e. The first-order valence-electron chi connectivity index (χ1n) is 12.2. The number of sulfonamides is 1. The second-order valence-electron chi connectivity index (χ2n) is 10.3. The lowest BCUT2D eigenvalue weighted by atomic mass is 10.1. The minimum absolute atomic E-state index is 0.00446. The van der Waals surface area contributed by atoms with Crippen molar-refractivity contribution >= 4 is 21.7 Å². The van der Waals surface area contributed by atoms with E-state index in [-0.39, 0.29) is 11.6 Å². The second kappa shape index (κ2) is 10.5. The Balaban J connectivity index is 1.51. The number of pyridine rings is 1. The van der Waals surface area contributed by atoms with Crippen LogP contribution in [0.15, 0.2) is 30.7 Å². The van der Waals surface area contributed by atoms with Gasteiger partial charge in [0.1, 0.15) is 0 Å². The lowest BCUT2D eigenvalue weighted by Crippen LogP contribution is -2.42. The van der Waals surface area contributed by atoms with E-state index in [1.54, 1.807) is 10.9 Å². The Hall–Kier alpha value is -3.40. The zero-order valence-corrected chi connectivity index (χ0v) is 22.7. The Morgan fingerprint density at radius 2 is 1.89 bits per heavy atom. The maximum Gasteiger partial charge on any atom is 0.231 e. The molecule has 0 amide bonds. The molecule has 0 spiro atoms. The van der Waals surface area contributed by atoms with Crippen LogP contribution in [0.3, 0.4) is 0 Å². The van der Waals surface area contributed by atoms with Gasteiger partial charge in [0.25, 0.3) is 0 Å². The van der Waals surface area contributed by atoms with E-state index in [9.17, 15) is 8.42 Å². The number of aryl methyl sites for hydroxylation is 1. The molecule has 4 heterocycles. The van der Waals surface area contributed by atoms with Crippen molar-refractivity contribution in [1.29, 1.82) is 0 Å². The molecule has 0 atom stereocenters. The van der Waals surface area contributed by atoms with E-state index in [2.05, 4.69) is 51.3 Å². The minimum Gasteiger partial charge on any atom is -0.351 e. The molecule has 196 valence electrons. The van der Waals surface area contributed by atoms with Crippen LogP contribution in [-0.4, -0.2) is 68.4 Å². The second-order valence-corrected chi connectivity index (χ2v) is 12.3. The Kier molecular flexibility index (Phi) is 7.59. The monoisotopic (exact) mass is 523 g/mol. The third-order valence-electron chi connectivity index (χ3n) is 6.16. The predicted molar refractivity (Wildman–Crippen MR) is 143 cm³/mol. The van der Waals surface area contributed by atoms with E-state index in [1.807, 2.05) is 25.3 Å². The third kappa shape index (κ3) is 6.68. The number of piperidine rings is 1. The highest BCUT2D eigenvalue weighted by molar-refractivity contribution is 7.88. The van der Waals surface area contributed by atoms with Crippen molar-refractivity contribution in [3.63, 3.8) is 0 Å². The molecule has 4 rings (SSSR count). The van der Waals surface area contributed by atoms with E-state index in [0.29, 0.717) is 55.4 Å². The van der Waals surface area contributed by atoms with Crippen molar-refractivity contribution in [3.05, 3.63) is 53.5 Å². The van der Waals surface area contributed by atoms with Gasteiger partial charge >= 0.3 is 0 Å². The fourth-order valence-electron chi connectivity index (χ4n) is 4.13. The molecular formula is C25H33N9O2S. The Bertz CT molecular complexity index is 1410. The first kappa shape index (κ1) is 26.7. The number of aromatic nitrogens is 5. The third-order valence-corrected chi connectivity index (χ3v) is 7.47. The van der Waals surface area contributed by atoms with Crippen molar-refractivity contribution in [2.45, 2.75) is 58.7 Å². The Morgan fingerprint density at radius 1 is 1.16 bits per heavy atom. The van der Waals surface area contributed by atoms with E-state index >= 15 is 0 Å². The first-order valence-corrected chi connectivity index (χ1v) is 14.0. The van der Waals surface area contributed by atoms with Crippen LogP contribution in [0.25, 0.3) is 21.8 Å². The van der Waals surface area contributed by atoms with Crippen molar-refractivity contribution in [1.82, 2.24) is 34.4 Å². The fourth-order valence-corrected chi connectivity index (χ4v) is 5.01. The standard InChI is InChI=1S/C25H33N9O2S/c1-17-22(8-7-20(30-17)14-28-25(2,3)4)34-16-18(13-29-34)23-21(26-5)15-27-24(32-23)31-19-9-11-33(12-10-19)37(6,35)36/h7-8,13,15-16,19,28H,9-12,14H2,1-4,6H3,(H,27,31,32). The molecular weight excluding hydrogens is 490 g/mol. The number of nitrogens with one attached hydrogen (secondary N) is 2. The number of hydrogen-bond donors (Lipinski definition) is 2. The van der Waals surface area contributed by atoms with Gasteiger partial charge in [0, 0.05) is 49.2 Å². The highest BCUT2D eigenvalue weighted by Crippen LogP contribution is 2.30. The van der Waals surface area contributed by atoms with Crippen molar-refractivity contribution < 1.29 is 8.42 Å². The first-order chi connectivity index (χ1) is 17.4. The van der Waals surface area contributed by atoms with Crippen molar-refractivity contribution in [2.24, 2.45) is 0 Å². The average Bonchev–Trinajstić information content (AvgIpc) is 3.32. The topological polar surface area (TPSA) is 122 Å². The molecule has 11 nitrogen and oxygen atoms in total. The molecule has 1 aliphatic rings. The SMILES string of the molecule is [C-]#[N+]c1cnc(NC2CCN(S(C)(=O)=O)CC2)nc1-c1cnn(-c2ccc(CNC(C)(C)C)nc2C)c1. The highest BCUT2D eigenvalue weighted by Gasteiger charge is 2.25. The van der Waals surface area contributed by atoms with Gasteiger partial charge in [-0.3, -0.25) is 4.98 Å². The van der Waals surface area contributed by atoms with Crippen LogP contribution in [0, 0.1) is 13.5 Å². The lowest BCUT2D eigenvalue weighted by molar-refractivity contribution is 0.331. The van der Waals surface area contributed by atoms with E-state index in [4.69, 9.17) is 11.6 Å². The minimum atomic E-state index is -3.18. The summed E-state index contributed by atoms with van der Waals surface area (Å²) in [6.07, 6.45) is 7.56. The summed E-state index contributed by atoms with van der Waals surface area (Å²) in [5.41, 5.74) is 4.16. The molecule has 3 aromatic heterocycles. The highest BCUT2D eigenvalue weighted by atomic mass is 32.2. The summed E-state index contributed by atoms with van der Waals surface area (Å²) in [6, 6.07) is 4.02. The number of hydrogen-bond acceptors (Lipinski definition) is 8. The molecule has 0 radical (unpaired) electrons. The molecule has 1 fully saturated rings. The molecule has 0 aromatic carbocycles. The number of anilines is 1. The van der Waals surface area contributed by atoms with Crippen LogP contribution in [0.4, 0.5) is 11.6 Å². The van der Waals surface area contributed by atoms with Gasteiger partial charge in [-0.25, -0.2) is 32.2 Å². The average molecular weight is 524 g/mol. The summed E-state index contributed by atoms with van der Waals surface area (Å²) in [6.45, 7) is 17.5. The summed E-state index contributed by atoms with van der Waals surface area (Å²) < 4.78 is 26.8. The molecule has 1 aliphatic heterocycles. The molecule has 0 saturated carbocycles. The molecule has 0 unspecified atom stereocenters. The molecule has 37 heavy (non-hydrogen) atoms. The van der Waals surface area contributed by atoms with Gasteiger partial charge in [-0.1, -0.05) is 0 Å². The van der Waals surface area contributed by atoms with Crippen LogP contribution in [0.1, 0.15) is 45.0 Å². The maximum atomic E-state index is 11.8. The van der Waals surface area contributed by atoms with Gasteiger partial charge in [-0.15, -0.1) is 0 Å². The van der Waals surface area contributed by atoms with Crippen molar-refractivity contribution in [2.75, 3.05) is 24.7 Å². The van der Waals surface area contributed by atoms with Gasteiger partial charge in [-0.2, -0.15) is 5.10 Å². The van der Waals surface area contributed by atoms with Crippen molar-refractivity contribution in [3.8, 4) is 16.9 Å². The van der Waals surface area contributed by atoms with Gasteiger partial charge < -0.3 is 10.6 Å². The molecule has 3 aromatic rings. The van der Waals surface area contributed by atoms with Crippen LogP contribution < -0.4 is 10.6 Å². The van der Waals surface area contributed by atoms with Crippen LogP contribution in [-0.2, 0) is 16.6 Å². The summed E-state index contributed by atoms with van der Waals surface area (Å²) in [4.78, 5) is 17.2. The molecule has 1 saturated heterocycles. The van der Waals surface area contributed by atoms with Gasteiger partial charge in [0.15, 0.2) is 0 Å². The van der Waals surface area contributed by atoms with Crippen LogP contribution in [0.2, 0.25) is 0 Å². The summed E-state index contributed by atoms with van der Waals surface area (Å²) in [7, 11) is -3.18. The molecule has 0 aliphatic carbocycles. The zero-order valence-electron chi connectivity index (χ0n) is 21.9. The summed E-state index contributed by atoms with van der Waals surface area (Å²) >= 11 is 0. The van der Waals surface area contributed by atoms with E-state index in [0.717, 1.165) is 17.1 Å². The number of rotatable bonds is 7.